The highest BCUT2D eigenvalue weighted by Crippen LogP contribution is 2.60. The molecule has 1 amide bonds. The molecule has 27 heavy (non-hydrogen) atoms. The fraction of sp³-hybridized carbons (Fsp3) is 0.208. The largest absolute Gasteiger partial charge is 0.299 e. The molecule has 0 bridgehead atoms. The van der Waals surface area contributed by atoms with Crippen LogP contribution in [-0.4, -0.2) is 11.2 Å². The number of thioether (sulfide) groups is 1. The molecular formula is C24H21NOS. The van der Waals surface area contributed by atoms with Gasteiger partial charge in [0.05, 0.1) is 17.1 Å². The Morgan fingerprint density at radius 1 is 0.889 bits per heavy atom. The van der Waals surface area contributed by atoms with Crippen LogP contribution in [0.1, 0.15) is 30.4 Å². The van der Waals surface area contributed by atoms with Gasteiger partial charge in [-0.3, -0.25) is 9.69 Å². The number of carbonyl (C=O) groups excluding carboxylic acids is 1. The molecule has 3 aromatic rings. The standard InChI is InChI=1S/C24H21NOS/c1-17-16-24(19-12-6-3-7-13-19)22(18-10-4-2-5-11-18)23(26)25(24)20-14-8-9-15-21(20)27-17/h2-15,17,22H,16H2,1H3. The van der Waals surface area contributed by atoms with Crippen LogP contribution in [-0.2, 0) is 10.3 Å². The third-order valence-electron chi connectivity index (χ3n) is 5.78. The summed E-state index contributed by atoms with van der Waals surface area (Å²) >= 11 is 1.88. The minimum atomic E-state index is -0.335. The van der Waals surface area contributed by atoms with Gasteiger partial charge in [0, 0.05) is 10.1 Å². The van der Waals surface area contributed by atoms with Crippen molar-refractivity contribution in [1.82, 2.24) is 0 Å². The number of anilines is 1. The number of para-hydroxylation sites is 1. The van der Waals surface area contributed by atoms with Crippen molar-refractivity contribution in [3.05, 3.63) is 96.1 Å². The van der Waals surface area contributed by atoms with E-state index in [0.717, 1.165) is 17.7 Å². The van der Waals surface area contributed by atoms with E-state index in [0.29, 0.717) is 5.25 Å². The van der Waals surface area contributed by atoms with Crippen LogP contribution in [0.25, 0.3) is 0 Å². The molecule has 1 saturated heterocycles. The van der Waals surface area contributed by atoms with Gasteiger partial charge >= 0.3 is 0 Å². The first kappa shape index (κ1) is 16.6. The third kappa shape index (κ3) is 2.38. The Labute approximate surface area is 164 Å². The average molecular weight is 372 g/mol. The Morgan fingerprint density at radius 2 is 1.52 bits per heavy atom. The first-order chi connectivity index (χ1) is 13.2. The van der Waals surface area contributed by atoms with Gasteiger partial charge < -0.3 is 0 Å². The first-order valence-electron chi connectivity index (χ1n) is 9.42. The maximum atomic E-state index is 13.5. The maximum Gasteiger partial charge on any atom is 0.238 e. The number of hydrogen-bond acceptors (Lipinski definition) is 2. The molecule has 3 unspecified atom stereocenters. The molecule has 3 heteroatoms. The lowest BCUT2D eigenvalue weighted by Crippen LogP contribution is -2.68. The molecule has 0 saturated carbocycles. The highest BCUT2D eigenvalue weighted by molar-refractivity contribution is 8.00. The number of rotatable bonds is 2. The summed E-state index contributed by atoms with van der Waals surface area (Å²) in [5.41, 5.74) is 3.05. The van der Waals surface area contributed by atoms with Gasteiger partial charge in [-0.15, -0.1) is 11.8 Å². The fourth-order valence-electron chi connectivity index (χ4n) is 4.78. The lowest BCUT2D eigenvalue weighted by molar-refractivity contribution is -0.131. The van der Waals surface area contributed by atoms with E-state index in [2.05, 4.69) is 66.4 Å². The third-order valence-corrected chi connectivity index (χ3v) is 6.95. The zero-order chi connectivity index (χ0) is 18.4. The Kier molecular flexibility index (Phi) is 3.87. The van der Waals surface area contributed by atoms with Gasteiger partial charge in [0.1, 0.15) is 0 Å². The van der Waals surface area contributed by atoms with Crippen LogP contribution in [0, 0.1) is 0 Å². The second-order valence-electron chi connectivity index (χ2n) is 7.41. The van der Waals surface area contributed by atoms with E-state index in [1.54, 1.807) is 0 Å². The van der Waals surface area contributed by atoms with Crippen LogP contribution >= 0.6 is 11.8 Å². The van der Waals surface area contributed by atoms with Gasteiger partial charge in [-0.05, 0) is 29.7 Å². The number of nitrogens with zero attached hydrogens (tertiary/aromatic N) is 1. The molecule has 0 spiro atoms. The van der Waals surface area contributed by atoms with E-state index in [9.17, 15) is 4.79 Å². The predicted octanol–water partition coefficient (Wildman–Crippen LogP) is 5.60. The summed E-state index contributed by atoms with van der Waals surface area (Å²) in [4.78, 5) is 16.8. The Bertz CT molecular complexity index is 988. The van der Waals surface area contributed by atoms with Crippen LogP contribution in [0.5, 0.6) is 0 Å². The summed E-state index contributed by atoms with van der Waals surface area (Å²) in [7, 11) is 0. The normalized spacial score (nSPS) is 26.6. The quantitative estimate of drug-likeness (QED) is 0.547. The van der Waals surface area contributed by atoms with Gasteiger partial charge in [0.25, 0.3) is 0 Å². The molecule has 2 heterocycles. The second kappa shape index (κ2) is 6.28. The highest BCUT2D eigenvalue weighted by Gasteiger charge is 2.63. The molecule has 5 rings (SSSR count). The second-order valence-corrected chi connectivity index (χ2v) is 8.89. The van der Waals surface area contributed by atoms with E-state index in [1.807, 2.05) is 42.1 Å². The van der Waals surface area contributed by atoms with Crippen molar-refractivity contribution in [2.24, 2.45) is 0 Å². The molecule has 0 aliphatic carbocycles. The van der Waals surface area contributed by atoms with Crippen LogP contribution in [0.3, 0.4) is 0 Å². The number of fused-ring (bicyclic) bond motifs is 3. The summed E-state index contributed by atoms with van der Waals surface area (Å²) in [5.74, 6) is 0.0579. The summed E-state index contributed by atoms with van der Waals surface area (Å²) in [5, 5.41) is 0.413. The lowest BCUT2D eigenvalue weighted by atomic mass is 9.63. The number of β-lactam (4-membered cyclic amide) rings is 1. The van der Waals surface area contributed by atoms with Crippen LogP contribution in [0.15, 0.2) is 89.8 Å². The Hall–Kier alpha value is -2.52. The number of hydrogen-bond donors (Lipinski definition) is 0. The van der Waals surface area contributed by atoms with Crippen molar-refractivity contribution < 1.29 is 4.79 Å². The van der Waals surface area contributed by atoms with Crippen molar-refractivity contribution >= 4 is 23.4 Å². The molecule has 134 valence electrons. The molecule has 2 nitrogen and oxygen atoms in total. The van der Waals surface area contributed by atoms with Crippen LogP contribution < -0.4 is 4.90 Å². The zero-order valence-electron chi connectivity index (χ0n) is 15.2. The van der Waals surface area contributed by atoms with Crippen LogP contribution in [0.4, 0.5) is 5.69 Å². The summed E-state index contributed by atoms with van der Waals surface area (Å²) < 4.78 is 0. The topological polar surface area (TPSA) is 20.3 Å². The van der Waals surface area contributed by atoms with E-state index < -0.39 is 0 Å². The molecule has 3 atom stereocenters. The van der Waals surface area contributed by atoms with Crippen LogP contribution in [0.2, 0.25) is 0 Å². The molecule has 3 aromatic carbocycles. The van der Waals surface area contributed by atoms with Gasteiger partial charge in [0.2, 0.25) is 5.91 Å². The first-order valence-corrected chi connectivity index (χ1v) is 10.3. The molecule has 0 aromatic heterocycles. The van der Waals surface area contributed by atoms with Gasteiger partial charge in [-0.2, -0.15) is 0 Å². The molecule has 0 N–H and O–H groups in total. The SMILES string of the molecule is CC1CC2(c3ccccc3)C(c3ccccc3)C(=O)N2c2ccccc2S1. The van der Waals surface area contributed by atoms with Crippen molar-refractivity contribution in [3.8, 4) is 0 Å². The lowest BCUT2D eigenvalue weighted by Gasteiger charge is -2.58. The Balaban J connectivity index is 1.77. The molecule has 1 fully saturated rings. The minimum absolute atomic E-state index is 0.143. The van der Waals surface area contributed by atoms with Gasteiger partial charge in [-0.25, -0.2) is 0 Å². The highest BCUT2D eigenvalue weighted by atomic mass is 32.2. The number of benzene rings is 3. The van der Waals surface area contributed by atoms with Gasteiger partial charge in [-0.1, -0.05) is 79.7 Å². The van der Waals surface area contributed by atoms with Crippen molar-refractivity contribution in [1.29, 1.82) is 0 Å². The molecular weight excluding hydrogens is 350 g/mol. The van der Waals surface area contributed by atoms with Gasteiger partial charge in [0.15, 0.2) is 0 Å². The van der Waals surface area contributed by atoms with Crippen molar-refractivity contribution in [2.45, 2.75) is 34.9 Å². The Morgan fingerprint density at radius 3 is 2.26 bits per heavy atom. The smallest absolute Gasteiger partial charge is 0.238 e. The summed E-state index contributed by atoms with van der Waals surface area (Å²) in [6.07, 6.45) is 0.932. The summed E-state index contributed by atoms with van der Waals surface area (Å²) in [6.45, 7) is 2.28. The fourth-order valence-corrected chi connectivity index (χ4v) is 5.99. The van der Waals surface area contributed by atoms with E-state index in [1.165, 1.54) is 10.5 Å². The summed E-state index contributed by atoms with van der Waals surface area (Å²) in [6, 6.07) is 29.2. The zero-order valence-corrected chi connectivity index (χ0v) is 16.0. The molecule has 2 aliphatic heterocycles. The number of amides is 1. The minimum Gasteiger partial charge on any atom is -0.299 e. The van der Waals surface area contributed by atoms with E-state index >= 15 is 0 Å². The van der Waals surface area contributed by atoms with E-state index in [4.69, 9.17) is 0 Å². The molecule has 0 radical (unpaired) electrons. The van der Waals surface area contributed by atoms with Crippen molar-refractivity contribution in [2.75, 3.05) is 4.90 Å². The average Bonchev–Trinajstić information content (AvgIpc) is 2.81. The number of carbonyl (C=O) groups is 1. The van der Waals surface area contributed by atoms with E-state index in [-0.39, 0.29) is 17.4 Å². The van der Waals surface area contributed by atoms with Crippen molar-refractivity contribution in [3.63, 3.8) is 0 Å². The molecule has 2 aliphatic rings. The predicted molar refractivity (Wildman–Crippen MR) is 111 cm³/mol. The maximum absolute atomic E-state index is 13.5. The monoisotopic (exact) mass is 371 g/mol.